The van der Waals surface area contributed by atoms with Gasteiger partial charge in [0.25, 0.3) is 0 Å². The molecular formula is C14H14FNO. The Morgan fingerprint density at radius 3 is 2.71 bits per heavy atom. The summed E-state index contributed by atoms with van der Waals surface area (Å²) in [6, 6.07) is 11.9. The van der Waals surface area contributed by atoms with E-state index >= 15 is 0 Å². The molecule has 17 heavy (non-hydrogen) atoms. The van der Waals surface area contributed by atoms with E-state index in [1.165, 1.54) is 6.07 Å². The lowest BCUT2D eigenvalue weighted by atomic mass is 10.2. The standard InChI is InChI=1S/C14H14FNO/c1-10-6-7-12(15)13(8-10)16-9-11-4-2-3-5-14(11)17/h2-8,16-17H,9H2,1H3. The van der Waals surface area contributed by atoms with Crippen LogP contribution >= 0.6 is 0 Å². The zero-order valence-corrected chi connectivity index (χ0v) is 9.57. The number of phenols is 1. The summed E-state index contributed by atoms with van der Waals surface area (Å²) >= 11 is 0. The van der Waals surface area contributed by atoms with Gasteiger partial charge in [0.1, 0.15) is 11.6 Å². The van der Waals surface area contributed by atoms with Crippen LogP contribution in [0.4, 0.5) is 10.1 Å². The molecule has 2 aromatic carbocycles. The maximum Gasteiger partial charge on any atom is 0.146 e. The molecule has 0 radical (unpaired) electrons. The lowest BCUT2D eigenvalue weighted by molar-refractivity contribution is 0.469. The van der Waals surface area contributed by atoms with Gasteiger partial charge in [-0.25, -0.2) is 4.39 Å². The quantitative estimate of drug-likeness (QED) is 0.848. The number of anilines is 1. The topological polar surface area (TPSA) is 32.3 Å². The Bertz CT molecular complexity index is 525. The first-order chi connectivity index (χ1) is 8.16. The van der Waals surface area contributed by atoms with E-state index in [2.05, 4.69) is 5.32 Å². The lowest BCUT2D eigenvalue weighted by Crippen LogP contribution is -2.01. The van der Waals surface area contributed by atoms with Gasteiger partial charge in [-0.1, -0.05) is 24.3 Å². The molecule has 2 aromatic rings. The molecule has 88 valence electrons. The zero-order chi connectivity index (χ0) is 12.3. The third kappa shape index (κ3) is 2.75. The van der Waals surface area contributed by atoms with Crippen molar-refractivity contribution >= 4 is 5.69 Å². The van der Waals surface area contributed by atoms with E-state index < -0.39 is 0 Å². The van der Waals surface area contributed by atoms with Crippen molar-refractivity contribution in [1.82, 2.24) is 0 Å². The highest BCUT2D eigenvalue weighted by Gasteiger charge is 2.03. The molecule has 2 rings (SSSR count). The van der Waals surface area contributed by atoms with Gasteiger partial charge in [-0.3, -0.25) is 0 Å². The first-order valence-corrected chi connectivity index (χ1v) is 5.44. The largest absolute Gasteiger partial charge is 0.508 e. The molecule has 0 aliphatic heterocycles. The minimum absolute atomic E-state index is 0.216. The van der Waals surface area contributed by atoms with Gasteiger partial charge in [-0.05, 0) is 30.7 Å². The van der Waals surface area contributed by atoms with Crippen molar-refractivity contribution in [1.29, 1.82) is 0 Å². The number of hydrogen-bond donors (Lipinski definition) is 2. The summed E-state index contributed by atoms with van der Waals surface area (Å²) in [7, 11) is 0. The van der Waals surface area contributed by atoms with E-state index in [0.717, 1.165) is 11.1 Å². The van der Waals surface area contributed by atoms with Crippen LogP contribution in [0.15, 0.2) is 42.5 Å². The van der Waals surface area contributed by atoms with Gasteiger partial charge in [-0.2, -0.15) is 0 Å². The SMILES string of the molecule is Cc1ccc(F)c(NCc2ccccc2O)c1. The number of rotatable bonds is 3. The van der Waals surface area contributed by atoms with Crippen LogP contribution in [0.25, 0.3) is 0 Å². The Hall–Kier alpha value is -2.03. The highest BCUT2D eigenvalue weighted by molar-refractivity contribution is 5.48. The number of benzene rings is 2. The molecule has 0 amide bonds. The van der Waals surface area contributed by atoms with Gasteiger partial charge in [0.15, 0.2) is 0 Å². The summed E-state index contributed by atoms with van der Waals surface area (Å²) in [5.41, 5.74) is 2.19. The molecule has 2 nitrogen and oxygen atoms in total. The summed E-state index contributed by atoms with van der Waals surface area (Å²) in [4.78, 5) is 0. The molecule has 3 heteroatoms. The van der Waals surface area contributed by atoms with Crippen LogP contribution < -0.4 is 5.32 Å². The molecule has 0 atom stereocenters. The number of para-hydroxylation sites is 1. The Morgan fingerprint density at radius 1 is 1.18 bits per heavy atom. The zero-order valence-electron chi connectivity index (χ0n) is 9.57. The van der Waals surface area contributed by atoms with Gasteiger partial charge in [-0.15, -0.1) is 0 Å². The normalized spacial score (nSPS) is 10.2. The smallest absolute Gasteiger partial charge is 0.146 e. The van der Waals surface area contributed by atoms with Gasteiger partial charge in [0, 0.05) is 12.1 Å². The fourth-order valence-corrected chi connectivity index (χ4v) is 1.63. The molecule has 0 aliphatic carbocycles. The average Bonchev–Trinajstić information content (AvgIpc) is 2.32. The third-order valence-electron chi connectivity index (χ3n) is 2.58. The minimum Gasteiger partial charge on any atom is -0.508 e. The predicted octanol–water partition coefficient (Wildman–Crippen LogP) is 3.45. The molecule has 0 saturated carbocycles. The monoisotopic (exact) mass is 231 g/mol. The molecule has 0 heterocycles. The number of aromatic hydroxyl groups is 1. The minimum atomic E-state index is -0.286. The Kier molecular flexibility index (Phi) is 3.28. The summed E-state index contributed by atoms with van der Waals surface area (Å²) in [6.45, 7) is 2.30. The molecule has 0 aromatic heterocycles. The van der Waals surface area contributed by atoms with Gasteiger partial charge in [0.05, 0.1) is 5.69 Å². The second kappa shape index (κ2) is 4.87. The van der Waals surface area contributed by atoms with Crippen LogP contribution in [0.2, 0.25) is 0 Å². The number of hydrogen-bond acceptors (Lipinski definition) is 2. The fourth-order valence-electron chi connectivity index (χ4n) is 1.63. The number of phenolic OH excluding ortho intramolecular Hbond substituents is 1. The Labute approximate surface area is 99.7 Å². The summed E-state index contributed by atoms with van der Waals surface area (Å²) in [5.74, 6) is -0.0703. The van der Waals surface area contributed by atoms with Crippen molar-refractivity contribution in [2.24, 2.45) is 0 Å². The maximum atomic E-state index is 13.4. The van der Waals surface area contributed by atoms with Crippen LogP contribution in [0.5, 0.6) is 5.75 Å². The van der Waals surface area contributed by atoms with Crippen molar-refractivity contribution in [3.63, 3.8) is 0 Å². The number of nitrogens with one attached hydrogen (secondary N) is 1. The van der Waals surface area contributed by atoms with Gasteiger partial charge < -0.3 is 10.4 Å². The van der Waals surface area contributed by atoms with Crippen LogP contribution in [-0.2, 0) is 6.54 Å². The second-order valence-electron chi connectivity index (χ2n) is 3.97. The van der Waals surface area contributed by atoms with Gasteiger partial charge in [0.2, 0.25) is 0 Å². The molecule has 0 fully saturated rings. The second-order valence-corrected chi connectivity index (χ2v) is 3.97. The van der Waals surface area contributed by atoms with E-state index in [-0.39, 0.29) is 11.6 Å². The van der Waals surface area contributed by atoms with E-state index in [4.69, 9.17) is 0 Å². The molecule has 0 unspecified atom stereocenters. The van der Waals surface area contributed by atoms with Crippen molar-refractivity contribution in [3.8, 4) is 5.75 Å². The fraction of sp³-hybridized carbons (Fsp3) is 0.143. The van der Waals surface area contributed by atoms with Crippen molar-refractivity contribution < 1.29 is 9.50 Å². The highest BCUT2D eigenvalue weighted by Crippen LogP contribution is 2.20. The Morgan fingerprint density at radius 2 is 1.94 bits per heavy atom. The molecule has 0 bridgehead atoms. The van der Waals surface area contributed by atoms with Crippen molar-refractivity contribution in [3.05, 3.63) is 59.4 Å². The molecule has 0 aliphatic rings. The first-order valence-electron chi connectivity index (χ1n) is 5.44. The van der Waals surface area contributed by atoms with Gasteiger partial charge >= 0.3 is 0 Å². The molecular weight excluding hydrogens is 217 g/mol. The summed E-state index contributed by atoms with van der Waals surface area (Å²) in [5, 5.41) is 12.6. The lowest BCUT2D eigenvalue weighted by Gasteiger charge is -2.09. The number of halogens is 1. The van der Waals surface area contributed by atoms with Crippen molar-refractivity contribution in [2.45, 2.75) is 13.5 Å². The highest BCUT2D eigenvalue weighted by atomic mass is 19.1. The van der Waals surface area contributed by atoms with E-state index in [9.17, 15) is 9.50 Å². The van der Waals surface area contributed by atoms with Crippen molar-refractivity contribution in [2.75, 3.05) is 5.32 Å². The average molecular weight is 231 g/mol. The van der Waals surface area contributed by atoms with E-state index in [1.807, 2.05) is 13.0 Å². The maximum absolute atomic E-state index is 13.4. The van der Waals surface area contributed by atoms with E-state index in [1.54, 1.807) is 30.3 Å². The van der Waals surface area contributed by atoms with Crippen LogP contribution in [0, 0.1) is 12.7 Å². The first kappa shape index (κ1) is 11.5. The predicted molar refractivity (Wildman–Crippen MR) is 66.6 cm³/mol. The molecule has 2 N–H and O–H groups in total. The summed E-state index contributed by atoms with van der Waals surface area (Å²) < 4.78 is 13.4. The molecule has 0 spiro atoms. The Balaban J connectivity index is 2.12. The summed E-state index contributed by atoms with van der Waals surface area (Å²) in [6.07, 6.45) is 0. The van der Waals surface area contributed by atoms with Crippen LogP contribution in [0.1, 0.15) is 11.1 Å². The van der Waals surface area contributed by atoms with Crippen LogP contribution in [-0.4, -0.2) is 5.11 Å². The molecule has 0 saturated heterocycles. The third-order valence-corrected chi connectivity index (χ3v) is 2.58. The van der Waals surface area contributed by atoms with E-state index in [0.29, 0.717) is 12.2 Å². The number of aryl methyl sites for hydroxylation is 1. The van der Waals surface area contributed by atoms with Crippen LogP contribution in [0.3, 0.4) is 0 Å².